The van der Waals surface area contributed by atoms with Crippen molar-refractivity contribution in [2.75, 3.05) is 31.6 Å². The molecule has 6 nitrogen and oxygen atoms in total. The summed E-state index contributed by atoms with van der Waals surface area (Å²) in [4.78, 5) is 15.5. The van der Waals surface area contributed by atoms with Crippen molar-refractivity contribution in [1.82, 2.24) is 14.7 Å². The van der Waals surface area contributed by atoms with E-state index in [0.29, 0.717) is 19.7 Å². The van der Waals surface area contributed by atoms with Gasteiger partial charge in [0, 0.05) is 24.0 Å². The highest BCUT2D eigenvalue weighted by molar-refractivity contribution is 7.09. The van der Waals surface area contributed by atoms with E-state index in [1.165, 1.54) is 4.88 Å². The molecule has 0 unspecified atom stereocenters. The number of aromatic nitrogens is 2. The van der Waals surface area contributed by atoms with Crippen LogP contribution in [0.2, 0.25) is 0 Å². The lowest BCUT2D eigenvalue weighted by atomic mass is 10.3. The number of hydrogen-bond donors (Lipinski definition) is 1. The van der Waals surface area contributed by atoms with Crippen LogP contribution < -0.4 is 5.32 Å². The van der Waals surface area contributed by atoms with E-state index < -0.39 is 0 Å². The molecule has 1 N–H and O–H groups in total. The number of thiophene rings is 1. The van der Waals surface area contributed by atoms with E-state index in [-0.39, 0.29) is 12.0 Å². The molecule has 1 fully saturated rings. The number of carbonyl (C=O) groups is 1. The predicted octanol–water partition coefficient (Wildman–Crippen LogP) is 1.65. The number of carbonyl (C=O) groups excluding carboxylic acids is 1. The van der Waals surface area contributed by atoms with Crippen molar-refractivity contribution in [1.29, 1.82) is 0 Å². The van der Waals surface area contributed by atoms with Gasteiger partial charge in [0.05, 0.1) is 32.0 Å². The number of nitrogens with one attached hydrogen (secondary N) is 1. The number of morpholine rings is 1. The molecule has 1 saturated heterocycles. The molecule has 22 heavy (non-hydrogen) atoms. The molecule has 1 atom stereocenters. The van der Waals surface area contributed by atoms with Crippen molar-refractivity contribution in [3.63, 3.8) is 0 Å². The molecular formula is C15H20N4O2S. The Morgan fingerprint density at radius 1 is 1.55 bits per heavy atom. The highest BCUT2D eigenvalue weighted by Crippen LogP contribution is 2.14. The van der Waals surface area contributed by atoms with Crippen LogP contribution in [-0.4, -0.2) is 52.9 Å². The van der Waals surface area contributed by atoms with Crippen molar-refractivity contribution in [3.05, 3.63) is 34.7 Å². The Kier molecular flexibility index (Phi) is 4.87. The Labute approximate surface area is 133 Å². The molecule has 0 radical (unpaired) electrons. The standard InChI is InChI=1S/C15H20N4O2S/c1-12-9-18(6-7-21-12)11-15(20)17-14-4-5-16-19(14)10-13-3-2-8-22-13/h2-5,8,12H,6-7,9-11H2,1H3,(H,17,20)/t12-/m0/s1. The van der Waals surface area contributed by atoms with E-state index >= 15 is 0 Å². The monoisotopic (exact) mass is 320 g/mol. The topological polar surface area (TPSA) is 59.4 Å². The molecule has 0 saturated carbocycles. The molecule has 2 aromatic rings. The second-order valence-electron chi connectivity index (χ2n) is 5.42. The van der Waals surface area contributed by atoms with Gasteiger partial charge in [-0.15, -0.1) is 11.3 Å². The maximum atomic E-state index is 12.2. The highest BCUT2D eigenvalue weighted by atomic mass is 32.1. The molecule has 1 aliphatic heterocycles. The number of nitrogens with zero attached hydrogens (tertiary/aromatic N) is 3. The summed E-state index contributed by atoms with van der Waals surface area (Å²) in [5.41, 5.74) is 0. The van der Waals surface area contributed by atoms with Crippen molar-refractivity contribution in [2.24, 2.45) is 0 Å². The third-order valence-corrected chi connectivity index (χ3v) is 4.42. The van der Waals surface area contributed by atoms with Gasteiger partial charge >= 0.3 is 0 Å². The van der Waals surface area contributed by atoms with Gasteiger partial charge in [0.2, 0.25) is 5.91 Å². The minimum atomic E-state index is -0.0120. The van der Waals surface area contributed by atoms with Crippen LogP contribution in [0.4, 0.5) is 5.82 Å². The van der Waals surface area contributed by atoms with Gasteiger partial charge in [-0.25, -0.2) is 4.68 Å². The molecule has 1 amide bonds. The average molecular weight is 320 g/mol. The summed E-state index contributed by atoms with van der Waals surface area (Å²) in [7, 11) is 0. The lowest BCUT2D eigenvalue weighted by Gasteiger charge is -2.30. The van der Waals surface area contributed by atoms with Gasteiger partial charge in [-0.3, -0.25) is 9.69 Å². The quantitative estimate of drug-likeness (QED) is 0.910. The molecule has 1 aliphatic rings. The fourth-order valence-corrected chi connectivity index (χ4v) is 3.22. The molecule has 2 aromatic heterocycles. The Balaban J connectivity index is 1.56. The third-order valence-electron chi connectivity index (χ3n) is 3.56. The first-order valence-corrected chi connectivity index (χ1v) is 8.26. The van der Waals surface area contributed by atoms with E-state index in [1.807, 2.05) is 29.1 Å². The average Bonchev–Trinajstić information content (AvgIpc) is 3.12. The van der Waals surface area contributed by atoms with Crippen LogP contribution in [0.25, 0.3) is 0 Å². The van der Waals surface area contributed by atoms with Gasteiger partial charge in [0.25, 0.3) is 0 Å². The first kappa shape index (κ1) is 15.2. The van der Waals surface area contributed by atoms with E-state index in [9.17, 15) is 4.79 Å². The van der Waals surface area contributed by atoms with Gasteiger partial charge in [-0.05, 0) is 18.4 Å². The number of rotatable bonds is 5. The van der Waals surface area contributed by atoms with E-state index in [0.717, 1.165) is 18.9 Å². The summed E-state index contributed by atoms with van der Waals surface area (Å²) >= 11 is 1.68. The van der Waals surface area contributed by atoms with E-state index in [1.54, 1.807) is 17.5 Å². The first-order chi connectivity index (χ1) is 10.7. The van der Waals surface area contributed by atoms with Gasteiger partial charge in [0.15, 0.2) is 0 Å². The summed E-state index contributed by atoms with van der Waals surface area (Å²) in [5, 5.41) is 9.27. The Morgan fingerprint density at radius 3 is 3.23 bits per heavy atom. The Bertz CT molecular complexity index is 611. The van der Waals surface area contributed by atoms with Crippen molar-refractivity contribution in [3.8, 4) is 0 Å². The molecular weight excluding hydrogens is 300 g/mol. The fraction of sp³-hybridized carbons (Fsp3) is 0.467. The Morgan fingerprint density at radius 2 is 2.45 bits per heavy atom. The lowest BCUT2D eigenvalue weighted by molar-refractivity contribution is -0.119. The van der Waals surface area contributed by atoms with Gasteiger partial charge < -0.3 is 10.1 Å². The second kappa shape index (κ2) is 7.04. The van der Waals surface area contributed by atoms with Gasteiger partial charge in [-0.1, -0.05) is 6.07 Å². The molecule has 7 heteroatoms. The van der Waals surface area contributed by atoms with Crippen molar-refractivity contribution in [2.45, 2.75) is 19.6 Å². The van der Waals surface area contributed by atoms with Crippen LogP contribution in [0, 0.1) is 0 Å². The molecule has 3 rings (SSSR count). The minimum absolute atomic E-state index is 0.0120. The first-order valence-electron chi connectivity index (χ1n) is 7.39. The SMILES string of the molecule is C[C@H]1CN(CC(=O)Nc2ccnn2Cc2cccs2)CCO1. The number of hydrogen-bond acceptors (Lipinski definition) is 5. The summed E-state index contributed by atoms with van der Waals surface area (Å²) in [6, 6.07) is 5.90. The zero-order valence-electron chi connectivity index (χ0n) is 12.6. The van der Waals surface area contributed by atoms with E-state index in [2.05, 4.69) is 21.4 Å². The summed E-state index contributed by atoms with van der Waals surface area (Å²) < 4.78 is 7.30. The fourth-order valence-electron chi connectivity index (χ4n) is 2.53. The predicted molar refractivity (Wildman–Crippen MR) is 86.1 cm³/mol. The molecule has 0 bridgehead atoms. The summed E-state index contributed by atoms with van der Waals surface area (Å²) in [6.07, 6.45) is 1.89. The van der Waals surface area contributed by atoms with Crippen LogP contribution in [0.5, 0.6) is 0 Å². The minimum Gasteiger partial charge on any atom is -0.376 e. The molecule has 3 heterocycles. The normalized spacial score (nSPS) is 19.2. The van der Waals surface area contributed by atoms with Crippen LogP contribution in [-0.2, 0) is 16.1 Å². The van der Waals surface area contributed by atoms with Gasteiger partial charge in [0.1, 0.15) is 5.82 Å². The Hall–Kier alpha value is -1.70. The van der Waals surface area contributed by atoms with Crippen LogP contribution >= 0.6 is 11.3 Å². The number of anilines is 1. The molecule has 0 aliphatic carbocycles. The van der Waals surface area contributed by atoms with E-state index in [4.69, 9.17) is 4.74 Å². The van der Waals surface area contributed by atoms with Crippen LogP contribution in [0.1, 0.15) is 11.8 Å². The summed E-state index contributed by atoms with van der Waals surface area (Å²) in [6.45, 7) is 5.37. The smallest absolute Gasteiger partial charge is 0.239 e. The van der Waals surface area contributed by atoms with Crippen LogP contribution in [0.15, 0.2) is 29.8 Å². The zero-order chi connectivity index (χ0) is 15.4. The number of amides is 1. The lowest BCUT2D eigenvalue weighted by Crippen LogP contribution is -2.44. The third kappa shape index (κ3) is 3.94. The molecule has 118 valence electrons. The molecule has 0 spiro atoms. The van der Waals surface area contributed by atoms with Crippen molar-refractivity contribution < 1.29 is 9.53 Å². The number of ether oxygens (including phenoxy) is 1. The largest absolute Gasteiger partial charge is 0.376 e. The maximum Gasteiger partial charge on any atom is 0.239 e. The zero-order valence-corrected chi connectivity index (χ0v) is 13.4. The second-order valence-corrected chi connectivity index (χ2v) is 6.45. The highest BCUT2D eigenvalue weighted by Gasteiger charge is 2.19. The van der Waals surface area contributed by atoms with Gasteiger partial charge in [-0.2, -0.15) is 5.10 Å². The van der Waals surface area contributed by atoms with Crippen molar-refractivity contribution >= 4 is 23.1 Å². The maximum absolute atomic E-state index is 12.2. The van der Waals surface area contributed by atoms with Crippen LogP contribution in [0.3, 0.4) is 0 Å². The summed E-state index contributed by atoms with van der Waals surface area (Å²) in [5.74, 6) is 0.724. The molecule has 0 aromatic carbocycles.